The molecule has 0 saturated heterocycles. The third kappa shape index (κ3) is 4.16. The maximum atomic E-state index is 12.1. The highest BCUT2D eigenvalue weighted by molar-refractivity contribution is 5.80. The average Bonchev–Trinajstić information content (AvgIpc) is 2.50. The van der Waals surface area contributed by atoms with Crippen molar-refractivity contribution in [1.29, 1.82) is 0 Å². The van der Waals surface area contributed by atoms with E-state index in [1.54, 1.807) is 0 Å². The first-order valence-electron chi connectivity index (χ1n) is 7.67. The molecule has 2 aromatic rings. The lowest BCUT2D eigenvalue weighted by Gasteiger charge is -2.05. The number of carbonyl (C=O) groups excluding carboxylic acids is 1. The fourth-order valence-electron chi connectivity index (χ4n) is 2.54. The molecule has 0 aliphatic carbocycles. The van der Waals surface area contributed by atoms with Crippen molar-refractivity contribution in [1.82, 2.24) is 9.97 Å². The van der Waals surface area contributed by atoms with Crippen LogP contribution in [0.3, 0.4) is 0 Å². The lowest BCUT2D eigenvalue weighted by molar-refractivity contribution is -0.140. The van der Waals surface area contributed by atoms with Crippen molar-refractivity contribution in [3.8, 4) is 0 Å². The number of hydrogen-bond donors (Lipinski definition) is 1. The minimum atomic E-state index is -0.157. The normalized spacial score (nSPS) is 10.8. The third-order valence-electron chi connectivity index (χ3n) is 3.76. The maximum Gasteiger partial charge on any atom is 0.305 e. The van der Waals surface area contributed by atoms with Gasteiger partial charge in [-0.3, -0.25) is 9.59 Å². The average molecular weight is 302 g/mol. The molecule has 5 nitrogen and oxygen atoms in total. The summed E-state index contributed by atoms with van der Waals surface area (Å²) in [5.41, 5.74) is 1.63. The molecule has 0 atom stereocenters. The van der Waals surface area contributed by atoms with Gasteiger partial charge in [-0.15, -0.1) is 0 Å². The van der Waals surface area contributed by atoms with Crippen LogP contribution in [0.25, 0.3) is 10.9 Å². The van der Waals surface area contributed by atoms with E-state index in [0.29, 0.717) is 11.8 Å². The zero-order chi connectivity index (χ0) is 15.9. The monoisotopic (exact) mass is 302 g/mol. The molecule has 0 spiro atoms. The van der Waals surface area contributed by atoms with Crippen LogP contribution in [0.5, 0.6) is 0 Å². The summed E-state index contributed by atoms with van der Waals surface area (Å²) in [6.45, 7) is 1.92. The zero-order valence-electron chi connectivity index (χ0n) is 13.1. The molecule has 2 rings (SSSR count). The van der Waals surface area contributed by atoms with Gasteiger partial charge in [-0.2, -0.15) is 0 Å². The van der Waals surface area contributed by atoms with Crippen molar-refractivity contribution in [2.75, 3.05) is 7.11 Å². The van der Waals surface area contributed by atoms with Gasteiger partial charge in [0.15, 0.2) is 0 Å². The number of unbranched alkanes of at least 4 members (excludes halogenated alkanes) is 3. The Hall–Kier alpha value is -2.17. The highest BCUT2D eigenvalue weighted by Crippen LogP contribution is 2.13. The van der Waals surface area contributed by atoms with Gasteiger partial charge in [0.05, 0.1) is 18.0 Å². The van der Waals surface area contributed by atoms with Gasteiger partial charge in [0.25, 0.3) is 5.56 Å². The highest BCUT2D eigenvalue weighted by Gasteiger charge is 2.06. The number of aromatic amines is 1. The lowest BCUT2D eigenvalue weighted by atomic mass is 10.1. The number of nitrogens with one attached hydrogen (secondary N) is 1. The number of ether oxygens (including phenoxy) is 1. The Kier molecular flexibility index (Phi) is 5.69. The van der Waals surface area contributed by atoms with E-state index in [9.17, 15) is 9.59 Å². The Morgan fingerprint density at radius 3 is 2.77 bits per heavy atom. The Morgan fingerprint density at radius 2 is 2.00 bits per heavy atom. The number of H-pyrrole nitrogens is 1. The second-order valence-electron chi connectivity index (χ2n) is 5.47. The van der Waals surface area contributed by atoms with Crippen LogP contribution in [-0.2, 0) is 16.0 Å². The van der Waals surface area contributed by atoms with E-state index in [1.165, 1.54) is 7.11 Å². The topological polar surface area (TPSA) is 72.0 Å². The molecule has 1 heterocycles. The molecule has 5 heteroatoms. The molecular weight excluding hydrogens is 280 g/mol. The number of benzene rings is 1. The number of carbonyl (C=O) groups is 1. The van der Waals surface area contributed by atoms with Gasteiger partial charge in [0.1, 0.15) is 5.82 Å². The van der Waals surface area contributed by atoms with Gasteiger partial charge in [0, 0.05) is 12.8 Å². The van der Waals surface area contributed by atoms with Crippen LogP contribution in [-0.4, -0.2) is 23.0 Å². The van der Waals surface area contributed by atoms with Crippen molar-refractivity contribution in [2.45, 2.75) is 45.4 Å². The van der Waals surface area contributed by atoms with Crippen molar-refractivity contribution in [3.05, 3.63) is 39.9 Å². The quantitative estimate of drug-likeness (QED) is 0.630. The molecule has 0 saturated carbocycles. The smallest absolute Gasteiger partial charge is 0.305 e. The second kappa shape index (κ2) is 7.73. The molecule has 0 fully saturated rings. The number of nitrogens with zero attached hydrogens (tertiary/aromatic N) is 1. The summed E-state index contributed by atoms with van der Waals surface area (Å²) in [5.74, 6) is 0.576. The molecular formula is C17H22N2O3. The summed E-state index contributed by atoms with van der Waals surface area (Å²) in [7, 11) is 1.41. The lowest BCUT2D eigenvalue weighted by Crippen LogP contribution is -2.13. The minimum absolute atomic E-state index is 0.0659. The molecule has 1 N–H and O–H groups in total. The SMILES string of the molecule is COC(=O)CCCCCCc1nc2cccc(C)c2c(=O)[nH]1. The van der Waals surface area contributed by atoms with E-state index in [1.807, 2.05) is 25.1 Å². The van der Waals surface area contributed by atoms with E-state index in [4.69, 9.17) is 0 Å². The first kappa shape index (κ1) is 16.2. The predicted octanol–water partition coefficient (Wildman–Crippen LogP) is 2.90. The van der Waals surface area contributed by atoms with Crippen molar-refractivity contribution in [2.24, 2.45) is 0 Å². The fourth-order valence-corrected chi connectivity index (χ4v) is 2.54. The number of rotatable bonds is 7. The summed E-state index contributed by atoms with van der Waals surface area (Å²) in [5, 5.41) is 0.671. The summed E-state index contributed by atoms with van der Waals surface area (Å²) >= 11 is 0. The van der Waals surface area contributed by atoms with E-state index < -0.39 is 0 Å². The molecule has 1 aromatic heterocycles. The summed E-state index contributed by atoms with van der Waals surface area (Å²) < 4.78 is 4.60. The molecule has 0 aliphatic heterocycles. The van der Waals surface area contributed by atoms with E-state index in [0.717, 1.165) is 49.0 Å². The number of esters is 1. The molecule has 0 radical (unpaired) electrons. The van der Waals surface area contributed by atoms with Crippen LogP contribution in [0.2, 0.25) is 0 Å². The fraction of sp³-hybridized carbons (Fsp3) is 0.471. The Balaban J connectivity index is 1.88. The molecule has 118 valence electrons. The predicted molar refractivity (Wildman–Crippen MR) is 85.9 cm³/mol. The number of methoxy groups -OCH3 is 1. The van der Waals surface area contributed by atoms with Crippen molar-refractivity contribution < 1.29 is 9.53 Å². The van der Waals surface area contributed by atoms with Gasteiger partial charge >= 0.3 is 5.97 Å². The number of fused-ring (bicyclic) bond motifs is 1. The van der Waals surface area contributed by atoms with Gasteiger partial charge < -0.3 is 9.72 Å². The van der Waals surface area contributed by atoms with Gasteiger partial charge in [0.2, 0.25) is 0 Å². The maximum absolute atomic E-state index is 12.1. The minimum Gasteiger partial charge on any atom is -0.469 e. The largest absolute Gasteiger partial charge is 0.469 e. The van der Waals surface area contributed by atoms with Crippen LogP contribution in [0.15, 0.2) is 23.0 Å². The number of aryl methyl sites for hydroxylation is 2. The summed E-state index contributed by atoms with van der Waals surface area (Å²) in [4.78, 5) is 30.5. The molecule has 0 amide bonds. The Labute approximate surface area is 129 Å². The first-order valence-corrected chi connectivity index (χ1v) is 7.67. The Morgan fingerprint density at radius 1 is 1.23 bits per heavy atom. The number of hydrogen-bond acceptors (Lipinski definition) is 4. The van der Waals surface area contributed by atoms with E-state index in [-0.39, 0.29) is 11.5 Å². The van der Waals surface area contributed by atoms with Crippen LogP contribution < -0.4 is 5.56 Å². The van der Waals surface area contributed by atoms with Gasteiger partial charge in [-0.25, -0.2) is 4.98 Å². The molecule has 22 heavy (non-hydrogen) atoms. The molecule has 0 aliphatic rings. The van der Waals surface area contributed by atoms with Crippen LogP contribution in [0.4, 0.5) is 0 Å². The van der Waals surface area contributed by atoms with E-state index >= 15 is 0 Å². The van der Waals surface area contributed by atoms with Crippen molar-refractivity contribution in [3.63, 3.8) is 0 Å². The van der Waals surface area contributed by atoms with Gasteiger partial charge in [-0.1, -0.05) is 25.0 Å². The van der Waals surface area contributed by atoms with Crippen LogP contribution in [0.1, 0.15) is 43.5 Å². The summed E-state index contributed by atoms with van der Waals surface area (Å²) in [6, 6.07) is 5.71. The van der Waals surface area contributed by atoms with Gasteiger partial charge in [-0.05, 0) is 31.4 Å². The zero-order valence-corrected chi connectivity index (χ0v) is 13.1. The second-order valence-corrected chi connectivity index (χ2v) is 5.47. The van der Waals surface area contributed by atoms with E-state index in [2.05, 4.69) is 14.7 Å². The highest BCUT2D eigenvalue weighted by atomic mass is 16.5. The third-order valence-corrected chi connectivity index (χ3v) is 3.76. The molecule has 0 unspecified atom stereocenters. The molecule has 1 aromatic carbocycles. The standard InChI is InChI=1S/C17H22N2O3/c1-12-8-7-9-13-16(12)17(21)19-14(18-13)10-5-3-4-6-11-15(20)22-2/h7-9H,3-6,10-11H2,1-2H3,(H,18,19,21). The van der Waals surface area contributed by atoms with Crippen molar-refractivity contribution >= 4 is 16.9 Å². The number of aromatic nitrogens is 2. The summed E-state index contributed by atoms with van der Waals surface area (Å²) in [6.07, 6.45) is 4.99. The Bertz CT molecular complexity index is 707. The van der Waals surface area contributed by atoms with Crippen LogP contribution in [0, 0.1) is 6.92 Å². The first-order chi connectivity index (χ1) is 10.6. The molecule has 0 bridgehead atoms. The van der Waals surface area contributed by atoms with Crippen LogP contribution >= 0.6 is 0 Å².